The van der Waals surface area contributed by atoms with Crippen molar-refractivity contribution in [3.63, 3.8) is 0 Å². The molecule has 0 spiro atoms. The summed E-state index contributed by atoms with van der Waals surface area (Å²) in [5.74, 6) is -0.203. The van der Waals surface area contributed by atoms with Crippen LogP contribution in [0.15, 0.2) is 18.2 Å². The van der Waals surface area contributed by atoms with Crippen LogP contribution >= 0.6 is 7.94 Å². The van der Waals surface area contributed by atoms with Crippen molar-refractivity contribution in [3.8, 4) is 0 Å². The third-order valence-corrected chi connectivity index (χ3v) is 6.61. The second-order valence-electron chi connectivity index (χ2n) is 9.57. The lowest BCUT2D eigenvalue weighted by Gasteiger charge is -2.22. The van der Waals surface area contributed by atoms with E-state index in [2.05, 4.69) is 6.92 Å². The molecular weight excluding hydrogens is 411 g/mol. The van der Waals surface area contributed by atoms with Crippen LogP contribution in [0.2, 0.25) is 0 Å². The predicted octanol–water partition coefficient (Wildman–Crippen LogP) is 5.75. The smallest absolute Gasteiger partial charge is 0.441 e. The van der Waals surface area contributed by atoms with Crippen molar-refractivity contribution >= 4 is 19.2 Å². The van der Waals surface area contributed by atoms with Crippen LogP contribution in [0, 0.1) is 0 Å². The molecule has 1 aromatic rings. The molecule has 5 nitrogen and oxygen atoms in total. The van der Waals surface area contributed by atoms with E-state index in [1.807, 2.05) is 26.8 Å². The summed E-state index contributed by atoms with van der Waals surface area (Å²) < 4.78 is 5.36. The third kappa shape index (κ3) is 12.0. The van der Waals surface area contributed by atoms with E-state index in [0.29, 0.717) is 25.0 Å². The number of carbonyl (C=O) groups excluding carboxylic acids is 1. The molecule has 0 saturated heterocycles. The molecule has 0 aliphatic carbocycles. The Kier molecular flexibility index (Phi) is 12.9. The maximum atomic E-state index is 12.0. The molecular formula is C25H44O5P+. The number of hydrogen-bond acceptors (Lipinski definition) is 5. The Hall–Kier alpha value is -1.00. The second-order valence-corrected chi connectivity index (χ2v) is 11.2. The summed E-state index contributed by atoms with van der Waals surface area (Å²) in [5, 5.41) is 0.173. The second kappa shape index (κ2) is 14.2. The lowest BCUT2D eigenvalue weighted by molar-refractivity contribution is -0.143. The van der Waals surface area contributed by atoms with Gasteiger partial charge in [-0.15, -0.1) is 0 Å². The molecule has 31 heavy (non-hydrogen) atoms. The minimum atomic E-state index is -4.09. The maximum Gasteiger partial charge on any atom is 0.441 e. The Bertz CT molecular complexity index is 646. The Morgan fingerprint density at radius 1 is 0.903 bits per heavy atom. The molecule has 0 amide bonds. The van der Waals surface area contributed by atoms with Crippen LogP contribution in [0.5, 0.6) is 0 Å². The predicted molar refractivity (Wildman–Crippen MR) is 129 cm³/mol. The maximum absolute atomic E-state index is 12.0. The van der Waals surface area contributed by atoms with Gasteiger partial charge in [-0.1, -0.05) is 97.6 Å². The van der Waals surface area contributed by atoms with Crippen molar-refractivity contribution in [1.29, 1.82) is 0 Å². The van der Waals surface area contributed by atoms with Crippen molar-refractivity contribution in [3.05, 3.63) is 29.3 Å². The van der Waals surface area contributed by atoms with Crippen LogP contribution < -0.4 is 5.30 Å². The van der Waals surface area contributed by atoms with E-state index in [9.17, 15) is 19.5 Å². The highest BCUT2D eigenvalue weighted by Gasteiger charge is 2.39. The molecule has 0 aromatic heterocycles. The number of benzene rings is 1. The first-order chi connectivity index (χ1) is 14.6. The molecule has 0 radical (unpaired) electrons. The fraction of sp³-hybridized carbons (Fsp3) is 0.720. The molecule has 1 aromatic carbocycles. The molecule has 0 saturated carbocycles. The largest absolute Gasteiger partial charge is 0.466 e. The van der Waals surface area contributed by atoms with Gasteiger partial charge >= 0.3 is 13.9 Å². The number of aryl methyl sites for hydroxylation is 1. The van der Waals surface area contributed by atoms with Gasteiger partial charge in [0.25, 0.3) is 0 Å². The van der Waals surface area contributed by atoms with Crippen LogP contribution in [0.3, 0.4) is 0 Å². The molecule has 6 heteroatoms. The SMILES string of the molecule is CCCCCCCCCCCCOC(=O)CCc1ccc([P+](O)(O)O)c(C(C)(C)C)c1. The Morgan fingerprint density at radius 2 is 1.45 bits per heavy atom. The average Bonchev–Trinajstić information content (AvgIpc) is 2.69. The lowest BCUT2D eigenvalue weighted by atomic mass is 9.85. The summed E-state index contributed by atoms with van der Waals surface area (Å²) >= 11 is 0. The standard InChI is InChI=1S/C25H44O5P/c1-5-6-7-8-9-10-11-12-13-14-19-30-24(26)18-16-21-15-17-23(31(27,28)29)22(20-21)25(2,3)4/h15,17,20,27-29H,5-14,16,18-19H2,1-4H3/q+1. The Balaban J connectivity index is 2.28. The van der Waals surface area contributed by atoms with E-state index in [-0.39, 0.29) is 16.7 Å². The number of rotatable bonds is 15. The highest BCUT2D eigenvalue weighted by Crippen LogP contribution is 2.46. The molecule has 0 heterocycles. The van der Waals surface area contributed by atoms with Gasteiger partial charge in [0.05, 0.1) is 6.61 Å². The Labute approximate surface area is 189 Å². The number of esters is 1. The normalized spacial score (nSPS) is 12.2. The molecule has 0 atom stereocenters. The molecule has 0 fully saturated rings. The topological polar surface area (TPSA) is 87.0 Å². The summed E-state index contributed by atoms with van der Waals surface area (Å²) in [6.07, 6.45) is 13.3. The zero-order chi connectivity index (χ0) is 23.3. The van der Waals surface area contributed by atoms with Crippen LogP contribution in [-0.2, 0) is 21.4 Å². The number of ether oxygens (including phenoxy) is 1. The van der Waals surface area contributed by atoms with E-state index in [1.165, 1.54) is 51.4 Å². The van der Waals surface area contributed by atoms with Gasteiger partial charge in [0.2, 0.25) is 0 Å². The van der Waals surface area contributed by atoms with Crippen molar-refractivity contribution in [2.24, 2.45) is 0 Å². The van der Waals surface area contributed by atoms with E-state index in [0.717, 1.165) is 18.4 Å². The molecule has 178 valence electrons. The first-order valence-electron chi connectivity index (χ1n) is 11.9. The number of unbranched alkanes of at least 4 members (excludes halogenated alkanes) is 9. The summed E-state index contributed by atoms with van der Waals surface area (Å²) in [6, 6.07) is 5.14. The summed E-state index contributed by atoms with van der Waals surface area (Å²) in [6.45, 7) is 8.57. The third-order valence-electron chi connectivity index (χ3n) is 5.57. The highest BCUT2D eigenvalue weighted by atomic mass is 31.2. The summed E-state index contributed by atoms with van der Waals surface area (Å²) in [5.41, 5.74) is 1.24. The van der Waals surface area contributed by atoms with Gasteiger partial charge in [0.15, 0.2) is 5.30 Å². The van der Waals surface area contributed by atoms with E-state index >= 15 is 0 Å². The molecule has 0 aliphatic rings. The van der Waals surface area contributed by atoms with Crippen LogP contribution in [0.25, 0.3) is 0 Å². The highest BCUT2D eigenvalue weighted by molar-refractivity contribution is 7.66. The van der Waals surface area contributed by atoms with Crippen LogP contribution in [0.4, 0.5) is 0 Å². The zero-order valence-corrected chi connectivity index (χ0v) is 20.9. The molecule has 1 rings (SSSR count). The summed E-state index contributed by atoms with van der Waals surface area (Å²) in [7, 11) is -4.09. The van der Waals surface area contributed by atoms with E-state index in [1.54, 1.807) is 12.1 Å². The molecule has 0 bridgehead atoms. The molecule has 3 N–H and O–H groups in total. The fourth-order valence-electron chi connectivity index (χ4n) is 3.70. The van der Waals surface area contributed by atoms with Gasteiger partial charge in [0.1, 0.15) is 0 Å². The van der Waals surface area contributed by atoms with Gasteiger partial charge < -0.3 is 4.74 Å². The van der Waals surface area contributed by atoms with Crippen molar-refractivity contribution in [1.82, 2.24) is 0 Å². The average molecular weight is 456 g/mol. The number of hydrogen-bond donors (Lipinski definition) is 3. The first-order valence-corrected chi connectivity index (χ1v) is 13.6. The van der Waals surface area contributed by atoms with Gasteiger partial charge in [-0.05, 0) is 29.9 Å². The van der Waals surface area contributed by atoms with Crippen molar-refractivity contribution in [2.45, 2.75) is 110 Å². The monoisotopic (exact) mass is 455 g/mol. The number of carbonyl (C=O) groups is 1. The molecule has 0 aliphatic heterocycles. The van der Waals surface area contributed by atoms with E-state index < -0.39 is 7.94 Å². The van der Waals surface area contributed by atoms with Gasteiger partial charge in [-0.25, -0.2) is 0 Å². The van der Waals surface area contributed by atoms with Gasteiger partial charge in [0, 0.05) is 12.0 Å². The van der Waals surface area contributed by atoms with Gasteiger partial charge in [-0.2, -0.15) is 14.7 Å². The van der Waals surface area contributed by atoms with E-state index in [4.69, 9.17) is 4.74 Å². The van der Waals surface area contributed by atoms with Crippen molar-refractivity contribution in [2.75, 3.05) is 6.61 Å². The fourth-order valence-corrected chi connectivity index (χ4v) is 4.69. The zero-order valence-electron chi connectivity index (χ0n) is 20.0. The van der Waals surface area contributed by atoms with Crippen molar-refractivity contribution < 1.29 is 24.2 Å². The van der Waals surface area contributed by atoms with Crippen LogP contribution in [-0.4, -0.2) is 27.3 Å². The quantitative estimate of drug-likeness (QED) is 0.178. The lowest BCUT2D eigenvalue weighted by Crippen LogP contribution is -2.25. The van der Waals surface area contributed by atoms with Crippen LogP contribution in [0.1, 0.15) is 109 Å². The minimum absolute atomic E-state index is 0.173. The minimum Gasteiger partial charge on any atom is -0.466 e. The summed E-state index contributed by atoms with van der Waals surface area (Å²) in [4.78, 5) is 41.2. The molecule has 0 unspecified atom stereocenters. The van der Waals surface area contributed by atoms with Gasteiger partial charge in [-0.3, -0.25) is 4.79 Å². The first kappa shape index (κ1) is 28.0. The Morgan fingerprint density at radius 3 is 1.97 bits per heavy atom.